The quantitative estimate of drug-likeness (QED) is 0.678. The summed E-state index contributed by atoms with van der Waals surface area (Å²) in [5.74, 6) is -1.10. The summed E-state index contributed by atoms with van der Waals surface area (Å²) in [6.07, 6.45) is 2.92. The molecule has 0 aliphatic heterocycles. The third-order valence-corrected chi connectivity index (χ3v) is 1.48. The number of pyridine rings is 1. The molecule has 60 valence electrons. The van der Waals surface area contributed by atoms with E-state index in [-0.39, 0.29) is 5.69 Å². The molecule has 5 heteroatoms. The van der Waals surface area contributed by atoms with Gasteiger partial charge in [-0.3, -0.25) is 4.98 Å². The second-order valence-electron chi connectivity index (χ2n) is 2.21. The summed E-state index contributed by atoms with van der Waals surface area (Å²) in [7, 11) is 0. The molecule has 0 spiro atoms. The molecule has 0 unspecified atom stereocenters. The third-order valence-electron chi connectivity index (χ3n) is 1.48. The standard InChI is InChI=1S/C7H4N2O3/c10-7(11)6-4-1-2-8-3-5(4)12-9-6/h1-3H,(H,10,11). The molecule has 1 N–H and O–H groups in total. The zero-order valence-electron chi connectivity index (χ0n) is 5.89. The van der Waals surface area contributed by atoms with Crippen molar-refractivity contribution in [2.75, 3.05) is 0 Å². The van der Waals surface area contributed by atoms with E-state index in [0.717, 1.165) is 0 Å². The molecule has 0 radical (unpaired) electrons. The van der Waals surface area contributed by atoms with Gasteiger partial charge in [-0.15, -0.1) is 0 Å². The summed E-state index contributed by atoms with van der Waals surface area (Å²) < 4.78 is 4.72. The van der Waals surface area contributed by atoms with Gasteiger partial charge >= 0.3 is 5.97 Å². The average molecular weight is 164 g/mol. The predicted octanol–water partition coefficient (Wildman–Crippen LogP) is 0.921. The Bertz CT molecular complexity index is 435. The maximum atomic E-state index is 10.5. The van der Waals surface area contributed by atoms with Crippen LogP contribution in [0.2, 0.25) is 0 Å². The molecule has 0 amide bonds. The molecule has 0 saturated carbocycles. The van der Waals surface area contributed by atoms with E-state index >= 15 is 0 Å². The number of carboxylic acid groups (broad SMARTS) is 1. The van der Waals surface area contributed by atoms with E-state index in [1.54, 1.807) is 6.07 Å². The Balaban J connectivity index is 2.79. The largest absolute Gasteiger partial charge is 0.476 e. The van der Waals surface area contributed by atoms with Gasteiger partial charge in [0, 0.05) is 6.20 Å². The van der Waals surface area contributed by atoms with Crippen molar-refractivity contribution in [1.29, 1.82) is 0 Å². The summed E-state index contributed by atoms with van der Waals surface area (Å²) in [5.41, 5.74) is 0.308. The molecule has 0 saturated heterocycles. The molecule has 0 atom stereocenters. The Kier molecular flexibility index (Phi) is 1.30. The second-order valence-corrected chi connectivity index (χ2v) is 2.21. The van der Waals surface area contributed by atoms with Gasteiger partial charge in [0.25, 0.3) is 0 Å². The molecule has 2 aromatic heterocycles. The molecule has 2 rings (SSSR count). The Morgan fingerprint density at radius 2 is 2.42 bits per heavy atom. The van der Waals surface area contributed by atoms with Crippen LogP contribution in [0.3, 0.4) is 0 Å². The van der Waals surface area contributed by atoms with Crippen LogP contribution >= 0.6 is 0 Å². The first-order valence-corrected chi connectivity index (χ1v) is 3.22. The van der Waals surface area contributed by atoms with E-state index in [9.17, 15) is 4.79 Å². The van der Waals surface area contributed by atoms with Crippen molar-refractivity contribution in [3.05, 3.63) is 24.2 Å². The fourth-order valence-electron chi connectivity index (χ4n) is 0.947. The SMILES string of the molecule is O=C(O)c1noc2cnccc12. The van der Waals surface area contributed by atoms with Crippen LogP contribution in [0.25, 0.3) is 11.0 Å². The van der Waals surface area contributed by atoms with Gasteiger partial charge < -0.3 is 9.63 Å². The van der Waals surface area contributed by atoms with Crippen LogP contribution in [0.15, 0.2) is 23.0 Å². The number of rotatable bonds is 1. The zero-order chi connectivity index (χ0) is 8.55. The van der Waals surface area contributed by atoms with Crippen LogP contribution in [-0.2, 0) is 0 Å². The van der Waals surface area contributed by atoms with Crippen molar-refractivity contribution >= 4 is 16.9 Å². The maximum absolute atomic E-state index is 10.5. The van der Waals surface area contributed by atoms with Crippen molar-refractivity contribution in [3.63, 3.8) is 0 Å². The molecule has 2 aromatic rings. The topological polar surface area (TPSA) is 76.2 Å². The lowest BCUT2D eigenvalue weighted by molar-refractivity contribution is 0.0688. The van der Waals surface area contributed by atoms with E-state index in [1.165, 1.54) is 12.4 Å². The molecular weight excluding hydrogens is 160 g/mol. The highest BCUT2D eigenvalue weighted by molar-refractivity contribution is 5.99. The molecule has 0 aliphatic carbocycles. The maximum Gasteiger partial charge on any atom is 0.358 e. The van der Waals surface area contributed by atoms with Gasteiger partial charge in [0.15, 0.2) is 11.3 Å². The first-order valence-electron chi connectivity index (χ1n) is 3.22. The fraction of sp³-hybridized carbons (Fsp3) is 0. The van der Waals surface area contributed by atoms with Crippen LogP contribution in [0.4, 0.5) is 0 Å². The number of carboxylic acids is 1. The summed E-state index contributed by atoms with van der Waals surface area (Å²) >= 11 is 0. The Hall–Kier alpha value is -1.91. The van der Waals surface area contributed by atoms with Crippen LogP contribution in [0.5, 0.6) is 0 Å². The number of aromatic nitrogens is 2. The molecule has 0 aromatic carbocycles. The molecule has 0 aliphatic rings. The Morgan fingerprint density at radius 1 is 1.58 bits per heavy atom. The van der Waals surface area contributed by atoms with Crippen molar-refractivity contribution in [1.82, 2.24) is 10.1 Å². The highest BCUT2D eigenvalue weighted by atomic mass is 16.5. The molecule has 12 heavy (non-hydrogen) atoms. The molecule has 5 nitrogen and oxygen atoms in total. The van der Waals surface area contributed by atoms with Crippen molar-refractivity contribution in [2.24, 2.45) is 0 Å². The first-order chi connectivity index (χ1) is 5.79. The van der Waals surface area contributed by atoms with Gasteiger partial charge in [0.05, 0.1) is 11.6 Å². The minimum Gasteiger partial charge on any atom is -0.476 e. The second kappa shape index (κ2) is 2.30. The normalized spacial score (nSPS) is 10.3. The van der Waals surface area contributed by atoms with Crippen LogP contribution < -0.4 is 0 Å². The van der Waals surface area contributed by atoms with E-state index < -0.39 is 5.97 Å². The highest BCUT2D eigenvalue weighted by Crippen LogP contribution is 2.15. The van der Waals surface area contributed by atoms with Crippen molar-refractivity contribution in [3.8, 4) is 0 Å². The first kappa shape index (κ1) is 6.78. The van der Waals surface area contributed by atoms with Crippen LogP contribution in [0, 0.1) is 0 Å². The van der Waals surface area contributed by atoms with Gasteiger partial charge in [-0.1, -0.05) is 5.16 Å². The van der Waals surface area contributed by atoms with E-state index in [0.29, 0.717) is 11.0 Å². The lowest BCUT2D eigenvalue weighted by Gasteiger charge is -1.84. The zero-order valence-corrected chi connectivity index (χ0v) is 5.89. The monoisotopic (exact) mass is 164 g/mol. The minimum absolute atomic E-state index is 0.0765. The van der Waals surface area contributed by atoms with E-state index in [4.69, 9.17) is 9.63 Å². The van der Waals surface area contributed by atoms with Gasteiger partial charge in [-0.2, -0.15) is 0 Å². The number of nitrogens with zero attached hydrogens (tertiary/aromatic N) is 2. The summed E-state index contributed by atoms with van der Waals surface area (Å²) in [5, 5.41) is 12.5. The third kappa shape index (κ3) is 0.833. The molecular formula is C7H4N2O3. The fourth-order valence-corrected chi connectivity index (χ4v) is 0.947. The van der Waals surface area contributed by atoms with E-state index in [2.05, 4.69) is 10.1 Å². The highest BCUT2D eigenvalue weighted by Gasteiger charge is 2.13. The molecule has 2 heterocycles. The van der Waals surface area contributed by atoms with Gasteiger partial charge in [-0.05, 0) is 6.07 Å². The number of fused-ring (bicyclic) bond motifs is 1. The van der Waals surface area contributed by atoms with Crippen molar-refractivity contribution < 1.29 is 14.4 Å². The number of carbonyl (C=O) groups is 1. The smallest absolute Gasteiger partial charge is 0.358 e. The lowest BCUT2D eigenvalue weighted by Crippen LogP contribution is -1.96. The van der Waals surface area contributed by atoms with Gasteiger partial charge in [-0.25, -0.2) is 4.79 Å². The molecule has 0 bridgehead atoms. The minimum atomic E-state index is -1.10. The summed E-state index contributed by atoms with van der Waals surface area (Å²) in [6.45, 7) is 0. The van der Waals surface area contributed by atoms with Gasteiger partial charge in [0.2, 0.25) is 0 Å². The van der Waals surface area contributed by atoms with E-state index in [1.807, 2.05) is 0 Å². The van der Waals surface area contributed by atoms with Gasteiger partial charge in [0.1, 0.15) is 0 Å². The summed E-state index contributed by atoms with van der Waals surface area (Å²) in [4.78, 5) is 14.3. The van der Waals surface area contributed by atoms with Crippen molar-refractivity contribution in [2.45, 2.75) is 0 Å². The Labute approximate surface area is 66.6 Å². The number of aromatic carboxylic acids is 1. The average Bonchev–Trinajstić information content (AvgIpc) is 2.47. The predicted molar refractivity (Wildman–Crippen MR) is 38.8 cm³/mol. The summed E-state index contributed by atoms with van der Waals surface area (Å²) in [6, 6.07) is 1.55. The number of hydrogen-bond acceptors (Lipinski definition) is 4. The Morgan fingerprint density at radius 3 is 3.17 bits per heavy atom. The lowest BCUT2D eigenvalue weighted by atomic mass is 10.2. The number of hydrogen-bond donors (Lipinski definition) is 1. The van der Waals surface area contributed by atoms with Crippen LogP contribution in [-0.4, -0.2) is 21.2 Å². The molecule has 0 fully saturated rings. The van der Waals surface area contributed by atoms with Crippen LogP contribution in [0.1, 0.15) is 10.5 Å².